The third kappa shape index (κ3) is 10.9. The van der Waals surface area contributed by atoms with Crippen LogP contribution in [-0.4, -0.2) is 24.7 Å². The molecule has 5 heterocycles. The van der Waals surface area contributed by atoms with E-state index in [0.29, 0.717) is 0 Å². The number of nitrogens with zero attached hydrogens (tertiary/aromatic N) is 3. The second kappa shape index (κ2) is 23.9. The van der Waals surface area contributed by atoms with Gasteiger partial charge in [0.05, 0.1) is 11.4 Å². The molecule has 5 heteroatoms. The lowest BCUT2D eigenvalue weighted by Crippen LogP contribution is -2.42. The fourth-order valence-electron chi connectivity index (χ4n) is 14.3. The first-order valence-corrected chi connectivity index (χ1v) is 30.4. The van der Waals surface area contributed by atoms with Crippen LogP contribution in [0.5, 0.6) is 0 Å². The second-order valence-corrected chi connectivity index (χ2v) is 23.8. The van der Waals surface area contributed by atoms with E-state index in [9.17, 15) is 10.2 Å². The summed E-state index contributed by atoms with van der Waals surface area (Å²) >= 11 is 0. The number of benzene rings is 7. The SMILES string of the molecule is OC(c1ccccc1)(c1ccccc1)c1nc2c(C[N+]3(Cc4cc5c(C(O)(c6ccccc6)c6ccccc6)nc4CCCCCCCCCC5)Cc4c(c5ccccc5c5ccccc45)C3)cc1CCCCCCCCCC2. The average molecular weight is 1040 g/mol. The van der Waals surface area contributed by atoms with E-state index in [2.05, 4.69) is 158 Å². The van der Waals surface area contributed by atoms with Gasteiger partial charge in [-0.05, 0) is 118 Å². The van der Waals surface area contributed by atoms with Crippen molar-refractivity contribution in [2.24, 2.45) is 0 Å². The molecule has 9 aromatic rings. The number of pyridine rings is 2. The summed E-state index contributed by atoms with van der Waals surface area (Å²) in [6.07, 6.45) is 22.5. The molecule has 2 N–H and O–H groups in total. The maximum Gasteiger partial charge on any atom is 0.157 e. The van der Waals surface area contributed by atoms with E-state index in [1.54, 1.807) is 0 Å². The Balaban J connectivity index is 1.07. The highest BCUT2D eigenvalue weighted by Crippen LogP contribution is 2.46. The van der Waals surface area contributed by atoms with Crippen LogP contribution >= 0.6 is 0 Å². The quantitative estimate of drug-likeness (QED) is 0.106. The van der Waals surface area contributed by atoms with Crippen molar-refractivity contribution in [3.63, 3.8) is 0 Å². The number of hydrogen-bond donors (Lipinski definition) is 2. The smallest absolute Gasteiger partial charge is 0.157 e. The zero-order valence-electron chi connectivity index (χ0n) is 46.5. The maximum atomic E-state index is 13.7. The fraction of sp³-hybridized carbons (Fsp3) is 0.351. The van der Waals surface area contributed by atoms with Crippen LogP contribution in [0.2, 0.25) is 0 Å². The lowest BCUT2D eigenvalue weighted by Gasteiger charge is -2.37. The van der Waals surface area contributed by atoms with Gasteiger partial charge < -0.3 is 14.7 Å². The molecule has 0 amide bonds. The molecule has 7 aromatic carbocycles. The molecule has 14 rings (SSSR count). The summed E-state index contributed by atoms with van der Waals surface area (Å²) in [4.78, 5) is 11.8. The van der Waals surface area contributed by atoms with E-state index in [-0.39, 0.29) is 0 Å². The summed E-state index contributed by atoms with van der Waals surface area (Å²) < 4.78 is 0.803. The highest BCUT2D eigenvalue weighted by molar-refractivity contribution is 6.10. The van der Waals surface area contributed by atoms with Gasteiger partial charge in [0, 0.05) is 33.6 Å². The van der Waals surface area contributed by atoms with Crippen molar-refractivity contribution >= 4 is 21.5 Å². The van der Waals surface area contributed by atoms with Crippen LogP contribution in [0.25, 0.3) is 21.5 Å². The standard InChI is InChI=1S/C74H80N3O2/c78-73(59-35-19-13-20-36-59,60-37-21-14-22-38-60)71-55-33-17-9-5-1-3-7-11-27-47-69(75-71)57(49-55)51-77(53-67-65-45-31-29-43-63(65)64-44-30-32-46-66(64)68(67)54-77)52-58-50-56-34-18-10-6-2-4-8-12-28-48-70(58)76-72(56)74(79,61-39-23-15-24-40-61)62-41-25-16-26-42-62/h13-16,19-26,29-32,35-46,49-50,78-79H,1-12,17-18,27-28,33-34,47-48,51-54H2/q+1. The molecule has 0 atom stereocenters. The van der Waals surface area contributed by atoms with Crippen LogP contribution in [-0.2, 0) is 63.1 Å². The molecule has 5 aliphatic rings. The van der Waals surface area contributed by atoms with Crippen LogP contribution in [0.15, 0.2) is 182 Å². The van der Waals surface area contributed by atoms with Gasteiger partial charge in [0.25, 0.3) is 0 Å². The van der Waals surface area contributed by atoms with E-state index < -0.39 is 11.2 Å². The van der Waals surface area contributed by atoms with Gasteiger partial charge >= 0.3 is 0 Å². The van der Waals surface area contributed by atoms with Crippen molar-refractivity contribution in [1.82, 2.24) is 9.97 Å². The molecule has 0 fully saturated rings. The lowest BCUT2D eigenvalue weighted by molar-refractivity contribution is -0.972. The summed E-state index contributed by atoms with van der Waals surface area (Å²) in [7, 11) is 0. The van der Waals surface area contributed by atoms with E-state index in [4.69, 9.17) is 9.97 Å². The van der Waals surface area contributed by atoms with Crippen molar-refractivity contribution in [3.05, 3.63) is 260 Å². The van der Waals surface area contributed by atoms with Gasteiger partial charge in [-0.2, -0.15) is 0 Å². The van der Waals surface area contributed by atoms with Gasteiger partial charge in [-0.25, -0.2) is 0 Å². The Labute approximate surface area is 470 Å². The molecule has 0 spiro atoms. The van der Waals surface area contributed by atoms with Crippen molar-refractivity contribution in [2.45, 2.75) is 166 Å². The van der Waals surface area contributed by atoms with E-state index in [0.717, 1.165) is 138 Å². The first kappa shape index (κ1) is 52.9. The Morgan fingerprint density at radius 1 is 0.329 bits per heavy atom. The molecule has 2 aromatic heterocycles. The Kier molecular flexibility index (Phi) is 16.0. The minimum atomic E-state index is -1.43. The van der Waals surface area contributed by atoms with Crippen molar-refractivity contribution in [1.29, 1.82) is 0 Å². The van der Waals surface area contributed by atoms with Crippen LogP contribution in [0.4, 0.5) is 0 Å². The first-order valence-electron chi connectivity index (χ1n) is 30.4. The highest BCUT2D eigenvalue weighted by atomic mass is 16.3. The van der Waals surface area contributed by atoms with Crippen LogP contribution in [0.1, 0.15) is 181 Å². The molecule has 79 heavy (non-hydrogen) atoms. The molecule has 4 bridgehead atoms. The molecular formula is C74H80N3O2+. The zero-order chi connectivity index (χ0) is 53.5. The normalized spacial score (nSPS) is 16.8. The predicted molar refractivity (Wildman–Crippen MR) is 324 cm³/mol. The van der Waals surface area contributed by atoms with Gasteiger partial charge in [0.2, 0.25) is 0 Å². The van der Waals surface area contributed by atoms with Crippen molar-refractivity contribution < 1.29 is 14.7 Å². The van der Waals surface area contributed by atoms with Gasteiger partial charge in [-0.1, -0.05) is 247 Å². The molecule has 402 valence electrons. The van der Waals surface area contributed by atoms with Gasteiger partial charge in [-0.3, -0.25) is 9.97 Å². The van der Waals surface area contributed by atoms with Gasteiger partial charge in [-0.15, -0.1) is 0 Å². The Morgan fingerprint density at radius 2 is 0.608 bits per heavy atom. The summed E-state index contributed by atoms with van der Waals surface area (Å²) in [5, 5.41) is 32.7. The van der Waals surface area contributed by atoms with Crippen molar-refractivity contribution in [2.75, 3.05) is 0 Å². The summed E-state index contributed by atoms with van der Waals surface area (Å²) in [5.41, 5.74) is 12.2. The number of aryl methyl sites for hydroxylation is 4. The lowest BCUT2D eigenvalue weighted by atomic mass is 9.79. The summed E-state index contributed by atoms with van der Waals surface area (Å²) in [6.45, 7) is 3.36. The number of hydrogen-bond acceptors (Lipinski definition) is 4. The molecule has 0 unspecified atom stereocenters. The molecular weight excluding hydrogens is 963 g/mol. The van der Waals surface area contributed by atoms with E-state index in [1.165, 1.54) is 121 Å². The molecule has 0 saturated heterocycles. The van der Waals surface area contributed by atoms with E-state index >= 15 is 0 Å². The third-order valence-electron chi connectivity index (χ3n) is 18.4. The number of aliphatic hydroxyl groups is 2. The fourth-order valence-corrected chi connectivity index (χ4v) is 14.3. The summed E-state index contributed by atoms with van der Waals surface area (Å²) in [5.74, 6) is 0. The molecule has 0 saturated carbocycles. The Bertz CT molecular complexity index is 3190. The Morgan fingerprint density at radius 3 is 0.937 bits per heavy atom. The second-order valence-electron chi connectivity index (χ2n) is 23.8. The van der Waals surface area contributed by atoms with Crippen LogP contribution in [0.3, 0.4) is 0 Å². The molecule has 3 aliphatic heterocycles. The highest BCUT2D eigenvalue weighted by Gasteiger charge is 2.44. The first-order chi connectivity index (χ1) is 38.9. The third-order valence-corrected chi connectivity index (χ3v) is 18.4. The molecule has 0 radical (unpaired) electrons. The number of fused-ring (bicyclic) bond motifs is 28. The van der Waals surface area contributed by atoms with Crippen LogP contribution in [0, 0.1) is 0 Å². The van der Waals surface area contributed by atoms with E-state index in [1.807, 2.05) is 24.3 Å². The monoisotopic (exact) mass is 1040 g/mol. The largest absolute Gasteiger partial charge is 0.374 e. The van der Waals surface area contributed by atoms with Gasteiger partial charge in [0.15, 0.2) is 11.2 Å². The Hall–Kier alpha value is -6.76. The minimum Gasteiger partial charge on any atom is -0.374 e. The van der Waals surface area contributed by atoms with Crippen LogP contribution < -0.4 is 0 Å². The maximum absolute atomic E-state index is 13.7. The minimum absolute atomic E-state index is 0.790. The average Bonchev–Trinajstić information content (AvgIpc) is 4.17. The molecule has 5 nitrogen and oxygen atoms in total. The predicted octanol–water partition coefficient (Wildman–Crippen LogP) is 17.0. The topological polar surface area (TPSA) is 66.2 Å². The summed E-state index contributed by atoms with van der Waals surface area (Å²) in [6, 6.07) is 64.6. The molecule has 2 aliphatic carbocycles. The van der Waals surface area contributed by atoms with Crippen molar-refractivity contribution in [3.8, 4) is 0 Å². The van der Waals surface area contributed by atoms with Gasteiger partial charge in [0.1, 0.15) is 26.2 Å². The number of aromatic nitrogens is 2. The zero-order valence-corrected chi connectivity index (χ0v) is 46.5. The number of rotatable bonds is 10. The number of quaternary nitrogens is 1.